The van der Waals surface area contributed by atoms with Crippen molar-refractivity contribution in [1.29, 1.82) is 0 Å². The molecule has 1 aromatic carbocycles. The van der Waals surface area contributed by atoms with E-state index in [-0.39, 0.29) is 5.54 Å². The zero-order valence-corrected chi connectivity index (χ0v) is 10.2. The van der Waals surface area contributed by atoms with Gasteiger partial charge in [0, 0.05) is 30.8 Å². The van der Waals surface area contributed by atoms with Crippen molar-refractivity contribution >= 4 is 22.1 Å². The summed E-state index contributed by atoms with van der Waals surface area (Å²) in [6.45, 7) is 5.65. The predicted molar refractivity (Wildman–Crippen MR) is 62.7 cm³/mol. The third-order valence-corrected chi connectivity index (χ3v) is 2.27. The van der Waals surface area contributed by atoms with Crippen LogP contribution in [-0.4, -0.2) is 16.5 Å². The number of hydrogen-bond donors (Lipinski definition) is 0. The molecule has 3 heteroatoms. The van der Waals surface area contributed by atoms with Crippen molar-refractivity contribution in [2.24, 2.45) is 0 Å². The van der Waals surface area contributed by atoms with Crippen LogP contribution in [0.3, 0.4) is 0 Å². The Morgan fingerprint density at radius 1 is 1.36 bits per heavy atom. The monoisotopic (exact) mass is 255 g/mol. The van der Waals surface area contributed by atoms with Gasteiger partial charge in [0.05, 0.1) is 0 Å². The van der Waals surface area contributed by atoms with Crippen LogP contribution in [0, 0.1) is 5.21 Å². The first-order valence-electron chi connectivity index (χ1n) is 4.46. The summed E-state index contributed by atoms with van der Waals surface area (Å²) in [5.74, 6) is 0. The van der Waals surface area contributed by atoms with Crippen molar-refractivity contribution in [3.05, 3.63) is 39.5 Å². The van der Waals surface area contributed by atoms with Gasteiger partial charge < -0.3 is 5.21 Å². The van der Waals surface area contributed by atoms with Crippen LogP contribution in [0.15, 0.2) is 28.7 Å². The molecule has 0 fully saturated rings. The molecule has 0 aliphatic carbocycles. The molecule has 0 aromatic heterocycles. The maximum atomic E-state index is 11.6. The van der Waals surface area contributed by atoms with E-state index in [1.807, 2.05) is 45.0 Å². The van der Waals surface area contributed by atoms with E-state index in [0.717, 1.165) is 14.8 Å². The number of halogens is 1. The fourth-order valence-electron chi connectivity index (χ4n) is 0.916. The molecule has 0 N–H and O–H groups in total. The molecule has 1 aromatic rings. The Morgan fingerprint density at radius 3 is 2.50 bits per heavy atom. The van der Waals surface area contributed by atoms with Gasteiger partial charge in [-0.05, 0) is 18.2 Å². The second kappa shape index (κ2) is 4.13. The lowest BCUT2D eigenvalue weighted by atomic mass is 10.1. The summed E-state index contributed by atoms with van der Waals surface area (Å²) in [5, 5.41) is 11.6. The van der Waals surface area contributed by atoms with Gasteiger partial charge in [-0.15, -0.1) is 0 Å². The number of rotatable bonds is 1. The topological polar surface area (TPSA) is 26.1 Å². The van der Waals surface area contributed by atoms with E-state index in [1.54, 1.807) is 6.21 Å². The van der Waals surface area contributed by atoms with Crippen LogP contribution in [-0.2, 0) is 0 Å². The van der Waals surface area contributed by atoms with Crippen LogP contribution in [0.5, 0.6) is 0 Å². The SMILES string of the molecule is CC(C)(C)[N+]([O-])=Cc1cccc(Br)c1. The van der Waals surface area contributed by atoms with Gasteiger partial charge in [-0.1, -0.05) is 22.0 Å². The summed E-state index contributed by atoms with van der Waals surface area (Å²) in [7, 11) is 0. The second-order valence-corrected chi connectivity index (χ2v) is 5.10. The molecule has 0 saturated carbocycles. The average molecular weight is 256 g/mol. The van der Waals surface area contributed by atoms with Crippen LogP contribution in [0.4, 0.5) is 0 Å². The van der Waals surface area contributed by atoms with Crippen LogP contribution in [0.25, 0.3) is 0 Å². The minimum Gasteiger partial charge on any atom is -0.623 e. The molecule has 0 atom stereocenters. The number of nitrogens with zero attached hydrogens (tertiary/aromatic N) is 1. The highest BCUT2D eigenvalue weighted by Gasteiger charge is 2.17. The van der Waals surface area contributed by atoms with E-state index in [0.29, 0.717) is 0 Å². The highest BCUT2D eigenvalue weighted by Crippen LogP contribution is 2.11. The van der Waals surface area contributed by atoms with Crippen LogP contribution >= 0.6 is 15.9 Å². The van der Waals surface area contributed by atoms with E-state index in [9.17, 15) is 5.21 Å². The molecule has 0 radical (unpaired) electrons. The zero-order chi connectivity index (χ0) is 10.8. The molecule has 76 valence electrons. The molecular weight excluding hydrogens is 242 g/mol. The lowest BCUT2D eigenvalue weighted by Gasteiger charge is -2.18. The van der Waals surface area contributed by atoms with Crippen molar-refractivity contribution in [1.82, 2.24) is 0 Å². The summed E-state index contributed by atoms with van der Waals surface area (Å²) in [6, 6.07) is 7.66. The standard InChI is InChI=1S/C11H14BrNO/c1-11(2,3)13(14)8-9-5-4-6-10(12)7-9/h4-8H,1-3H3. The number of hydrogen-bond acceptors (Lipinski definition) is 1. The van der Waals surface area contributed by atoms with Gasteiger partial charge in [0.25, 0.3) is 0 Å². The largest absolute Gasteiger partial charge is 0.623 e. The van der Waals surface area contributed by atoms with Gasteiger partial charge in [0.15, 0.2) is 11.8 Å². The fourth-order valence-corrected chi connectivity index (χ4v) is 1.33. The van der Waals surface area contributed by atoms with Crippen molar-refractivity contribution in [2.75, 3.05) is 0 Å². The Morgan fingerprint density at radius 2 is 2.00 bits per heavy atom. The minimum atomic E-state index is -0.387. The lowest BCUT2D eigenvalue weighted by Crippen LogP contribution is -2.29. The van der Waals surface area contributed by atoms with Crippen molar-refractivity contribution in [2.45, 2.75) is 26.3 Å². The summed E-state index contributed by atoms with van der Waals surface area (Å²) >= 11 is 3.36. The summed E-state index contributed by atoms with van der Waals surface area (Å²) < 4.78 is 1.95. The summed E-state index contributed by atoms with van der Waals surface area (Å²) in [4.78, 5) is 0. The van der Waals surface area contributed by atoms with E-state index >= 15 is 0 Å². The maximum absolute atomic E-state index is 11.6. The van der Waals surface area contributed by atoms with Gasteiger partial charge in [0.1, 0.15) is 0 Å². The molecule has 0 unspecified atom stereocenters. The van der Waals surface area contributed by atoms with Gasteiger partial charge in [-0.2, -0.15) is 0 Å². The van der Waals surface area contributed by atoms with Gasteiger partial charge >= 0.3 is 0 Å². The first-order valence-corrected chi connectivity index (χ1v) is 5.26. The van der Waals surface area contributed by atoms with Crippen LogP contribution in [0.1, 0.15) is 26.3 Å². The van der Waals surface area contributed by atoms with Gasteiger partial charge in [-0.3, -0.25) is 0 Å². The molecule has 0 aliphatic heterocycles. The molecule has 1 rings (SSSR count). The van der Waals surface area contributed by atoms with Crippen molar-refractivity contribution in [3.63, 3.8) is 0 Å². The molecule has 0 aliphatic rings. The molecule has 14 heavy (non-hydrogen) atoms. The second-order valence-electron chi connectivity index (χ2n) is 4.18. The Bertz CT molecular complexity index is 353. The summed E-state index contributed by atoms with van der Waals surface area (Å²) in [5.41, 5.74) is 0.520. The van der Waals surface area contributed by atoms with E-state index in [2.05, 4.69) is 15.9 Å². The first-order chi connectivity index (χ1) is 6.39. The van der Waals surface area contributed by atoms with Gasteiger partial charge in [-0.25, -0.2) is 4.74 Å². The zero-order valence-electron chi connectivity index (χ0n) is 8.62. The van der Waals surface area contributed by atoms with Gasteiger partial charge in [0.2, 0.25) is 0 Å². The third-order valence-electron chi connectivity index (χ3n) is 1.78. The lowest BCUT2D eigenvalue weighted by molar-refractivity contribution is -0.530. The predicted octanol–water partition coefficient (Wildman–Crippen LogP) is 3.18. The molecule has 0 saturated heterocycles. The fraction of sp³-hybridized carbons (Fsp3) is 0.364. The highest BCUT2D eigenvalue weighted by molar-refractivity contribution is 9.10. The van der Waals surface area contributed by atoms with E-state index in [4.69, 9.17) is 0 Å². The molecule has 0 heterocycles. The smallest absolute Gasteiger partial charge is 0.182 e. The Kier molecular flexibility index (Phi) is 3.32. The molecule has 0 bridgehead atoms. The van der Waals surface area contributed by atoms with Crippen molar-refractivity contribution < 1.29 is 4.74 Å². The Labute approximate surface area is 93.0 Å². The van der Waals surface area contributed by atoms with Crippen LogP contribution in [0.2, 0.25) is 0 Å². The van der Waals surface area contributed by atoms with E-state index < -0.39 is 0 Å². The van der Waals surface area contributed by atoms with Crippen LogP contribution < -0.4 is 0 Å². The Hall–Kier alpha value is -0.830. The van der Waals surface area contributed by atoms with E-state index in [1.165, 1.54) is 0 Å². The normalized spacial score (nSPS) is 13.0. The minimum absolute atomic E-state index is 0.387. The van der Waals surface area contributed by atoms with Crippen molar-refractivity contribution in [3.8, 4) is 0 Å². The molecule has 0 spiro atoms. The third kappa shape index (κ3) is 3.14. The first kappa shape index (κ1) is 11.2. The molecule has 0 amide bonds. The summed E-state index contributed by atoms with van der Waals surface area (Å²) in [6.07, 6.45) is 1.60. The quantitative estimate of drug-likeness (QED) is 0.328. The highest BCUT2D eigenvalue weighted by atomic mass is 79.9. The molecule has 2 nitrogen and oxygen atoms in total. The number of hydroxylamine groups is 1. The molecular formula is C11H14BrNO. The average Bonchev–Trinajstić information content (AvgIpc) is 2.02. The Balaban J connectivity index is 2.98. The maximum Gasteiger partial charge on any atom is 0.182 e. The number of benzene rings is 1.